The van der Waals surface area contributed by atoms with Crippen LogP contribution in [0.25, 0.3) is 0 Å². The smallest absolute Gasteiger partial charge is 0.0924 e. The molecule has 3 nitrogen and oxygen atoms in total. The van der Waals surface area contributed by atoms with Crippen LogP contribution in [0.2, 0.25) is 0 Å². The molecule has 1 atom stereocenters. The number of nitrogens with zero attached hydrogens (tertiary/aromatic N) is 2. The summed E-state index contributed by atoms with van der Waals surface area (Å²) >= 11 is 0. The summed E-state index contributed by atoms with van der Waals surface area (Å²) < 4.78 is 0. The van der Waals surface area contributed by atoms with Crippen LogP contribution < -0.4 is 0 Å². The van der Waals surface area contributed by atoms with Gasteiger partial charge in [-0.2, -0.15) is 0 Å². The molecule has 0 saturated carbocycles. The summed E-state index contributed by atoms with van der Waals surface area (Å²) in [5.74, 6) is 0. The molecule has 0 bridgehead atoms. The average Bonchev–Trinajstić information content (AvgIpc) is 2.52. The van der Waals surface area contributed by atoms with Gasteiger partial charge in [-0.1, -0.05) is 6.07 Å². The Hall–Kier alpha value is -0.930. The van der Waals surface area contributed by atoms with E-state index in [0.717, 1.165) is 43.5 Å². The number of rotatable bonds is 2. The average molecular weight is 248 g/mol. The molecule has 18 heavy (non-hydrogen) atoms. The van der Waals surface area contributed by atoms with Gasteiger partial charge >= 0.3 is 0 Å². The third-order valence-electron chi connectivity index (χ3n) is 3.99. The van der Waals surface area contributed by atoms with Crippen LogP contribution in [0, 0.1) is 6.92 Å². The van der Waals surface area contributed by atoms with Crippen LogP contribution in [0.15, 0.2) is 18.5 Å². The fourth-order valence-electron chi connectivity index (χ4n) is 2.75. The third-order valence-corrected chi connectivity index (χ3v) is 3.99. The molecule has 100 valence electrons. The molecule has 2 rings (SSSR count). The summed E-state index contributed by atoms with van der Waals surface area (Å²) in [5, 5.41) is 10.9. The van der Waals surface area contributed by atoms with Gasteiger partial charge in [0.1, 0.15) is 0 Å². The Morgan fingerprint density at radius 3 is 2.72 bits per heavy atom. The van der Waals surface area contributed by atoms with E-state index in [-0.39, 0.29) is 0 Å². The molecule has 0 aliphatic carbocycles. The van der Waals surface area contributed by atoms with Crippen LogP contribution >= 0.6 is 0 Å². The van der Waals surface area contributed by atoms with Crippen molar-refractivity contribution < 1.29 is 5.11 Å². The van der Waals surface area contributed by atoms with Gasteiger partial charge in [-0.15, -0.1) is 0 Å². The van der Waals surface area contributed by atoms with Gasteiger partial charge < -0.3 is 10.0 Å². The maximum absolute atomic E-state index is 10.9. The molecule has 1 N–H and O–H groups in total. The summed E-state index contributed by atoms with van der Waals surface area (Å²) in [5.41, 5.74) is 1.40. The molecule has 1 aliphatic rings. The minimum atomic E-state index is -0.692. The van der Waals surface area contributed by atoms with Crippen molar-refractivity contribution >= 4 is 0 Å². The highest BCUT2D eigenvalue weighted by Gasteiger charge is 2.32. The zero-order chi connectivity index (χ0) is 13.2. The number of aliphatic hydroxyl groups is 1. The van der Waals surface area contributed by atoms with Crippen LogP contribution in [0.5, 0.6) is 0 Å². The lowest BCUT2D eigenvalue weighted by molar-refractivity contribution is 0.0200. The first-order valence-corrected chi connectivity index (χ1v) is 6.90. The molecule has 2 heterocycles. The number of hydrogen-bond donors (Lipinski definition) is 1. The van der Waals surface area contributed by atoms with E-state index in [9.17, 15) is 5.11 Å². The summed E-state index contributed by atoms with van der Waals surface area (Å²) in [4.78, 5) is 6.66. The normalized spacial score (nSPS) is 26.3. The number of pyridine rings is 1. The Balaban J connectivity index is 2.16. The number of aryl methyl sites for hydroxylation is 1. The Morgan fingerprint density at radius 1 is 1.28 bits per heavy atom. The second kappa shape index (κ2) is 5.37. The molecule has 0 radical (unpaired) electrons. The van der Waals surface area contributed by atoms with E-state index in [0.29, 0.717) is 6.04 Å². The topological polar surface area (TPSA) is 36.4 Å². The predicted octanol–water partition coefficient (Wildman–Crippen LogP) is 2.47. The molecular formula is C15H24N2O. The van der Waals surface area contributed by atoms with Gasteiger partial charge in [-0.3, -0.25) is 4.98 Å². The van der Waals surface area contributed by atoms with Gasteiger partial charge in [0.15, 0.2) is 0 Å². The summed E-state index contributed by atoms with van der Waals surface area (Å²) in [6.45, 7) is 8.51. The molecule has 1 unspecified atom stereocenters. The summed E-state index contributed by atoms with van der Waals surface area (Å²) in [6, 6.07) is 2.63. The Morgan fingerprint density at radius 2 is 2.06 bits per heavy atom. The third kappa shape index (κ3) is 2.90. The van der Waals surface area contributed by atoms with Gasteiger partial charge in [0.25, 0.3) is 0 Å². The Kier molecular flexibility index (Phi) is 4.03. The lowest BCUT2D eigenvalue weighted by Crippen LogP contribution is -2.33. The fraction of sp³-hybridized carbons (Fsp3) is 0.667. The SMILES string of the molecule is Cc1cncc(C2(O)CCCN(C(C)C)CC2)c1. The lowest BCUT2D eigenvalue weighted by Gasteiger charge is -2.28. The van der Waals surface area contributed by atoms with E-state index in [1.54, 1.807) is 0 Å². The number of aromatic nitrogens is 1. The van der Waals surface area contributed by atoms with Crippen molar-refractivity contribution in [3.8, 4) is 0 Å². The Bertz CT molecular complexity index is 405. The fourth-order valence-corrected chi connectivity index (χ4v) is 2.75. The predicted molar refractivity (Wildman–Crippen MR) is 73.4 cm³/mol. The molecule has 3 heteroatoms. The first kappa shape index (κ1) is 13.5. The monoisotopic (exact) mass is 248 g/mol. The summed E-state index contributed by atoms with van der Waals surface area (Å²) in [6.07, 6.45) is 6.34. The van der Waals surface area contributed by atoms with E-state index in [2.05, 4.69) is 29.8 Å². The molecule has 1 aromatic heterocycles. The lowest BCUT2D eigenvalue weighted by atomic mass is 9.87. The molecular weight excluding hydrogens is 224 g/mol. The molecule has 0 aromatic carbocycles. The van der Waals surface area contributed by atoms with Crippen molar-refractivity contribution in [2.75, 3.05) is 13.1 Å². The highest BCUT2D eigenvalue weighted by molar-refractivity contribution is 5.23. The molecule has 1 aromatic rings. The second-order valence-corrected chi connectivity index (χ2v) is 5.77. The van der Waals surface area contributed by atoms with E-state index >= 15 is 0 Å². The van der Waals surface area contributed by atoms with Crippen LogP contribution in [0.3, 0.4) is 0 Å². The summed E-state index contributed by atoms with van der Waals surface area (Å²) in [7, 11) is 0. The van der Waals surface area contributed by atoms with E-state index < -0.39 is 5.60 Å². The molecule has 1 fully saturated rings. The van der Waals surface area contributed by atoms with Crippen molar-refractivity contribution in [2.45, 2.75) is 51.7 Å². The zero-order valence-electron chi connectivity index (χ0n) is 11.7. The van der Waals surface area contributed by atoms with Crippen molar-refractivity contribution in [3.05, 3.63) is 29.6 Å². The standard InChI is InChI=1S/C15H24N2O/c1-12(2)17-7-4-5-15(18,6-8-17)14-9-13(3)10-16-11-14/h9-12,18H,4-8H2,1-3H3. The molecule has 0 spiro atoms. The zero-order valence-corrected chi connectivity index (χ0v) is 11.7. The van der Waals surface area contributed by atoms with E-state index in [1.165, 1.54) is 0 Å². The number of hydrogen-bond acceptors (Lipinski definition) is 3. The van der Waals surface area contributed by atoms with Gasteiger partial charge in [0.2, 0.25) is 0 Å². The second-order valence-electron chi connectivity index (χ2n) is 5.77. The van der Waals surface area contributed by atoms with Gasteiger partial charge in [-0.25, -0.2) is 0 Å². The Labute approximate surface area is 110 Å². The van der Waals surface area contributed by atoms with Crippen LogP contribution in [-0.4, -0.2) is 34.1 Å². The molecule has 1 aliphatic heterocycles. The molecule has 1 saturated heterocycles. The van der Waals surface area contributed by atoms with Crippen LogP contribution in [0.1, 0.15) is 44.2 Å². The maximum atomic E-state index is 10.9. The van der Waals surface area contributed by atoms with E-state index in [1.807, 2.05) is 19.3 Å². The first-order valence-electron chi connectivity index (χ1n) is 6.90. The van der Waals surface area contributed by atoms with E-state index in [4.69, 9.17) is 0 Å². The van der Waals surface area contributed by atoms with Gasteiger partial charge in [-0.05, 0) is 52.1 Å². The molecule has 0 amide bonds. The largest absolute Gasteiger partial charge is 0.385 e. The van der Waals surface area contributed by atoms with Crippen molar-refractivity contribution in [2.24, 2.45) is 0 Å². The first-order chi connectivity index (χ1) is 8.51. The van der Waals surface area contributed by atoms with Crippen LogP contribution in [-0.2, 0) is 5.60 Å². The quantitative estimate of drug-likeness (QED) is 0.873. The highest BCUT2D eigenvalue weighted by Crippen LogP contribution is 2.33. The number of likely N-dealkylation sites (tertiary alicyclic amines) is 1. The maximum Gasteiger partial charge on any atom is 0.0924 e. The minimum Gasteiger partial charge on any atom is -0.385 e. The highest BCUT2D eigenvalue weighted by atomic mass is 16.3. The van der Waals surface area contributed by atoms with Crippen molar-refractivity contribution in [3.63, 3.8) is 0 Å². The van der Waals surface area contributed by atoms with Crippen molar-refractivity contribution in [1.82, 2.24) is 9.88 Å². The van der Waals surface area contributed by atoms with Crippen molar-refractivity contribution in [1.29, 1.82) is 0 Å². The van der Waals surface area contributed by atoms with Crippen LogP contribution in [0.4, 0.5) is 0 Å². The van der Waals surface area contributed by atoms with Gasteiger partial charge in [0.05, 0.1) is 5.60 Å². The minimum absolute atomic E-state index is 0.558. The van der Waals surface area contributed by atoms with Gasteiger partial charge in [0, 0.05) is 30.5 Å².